The average molecular weight is 583 g/mol. The number of amides is 1. The Morgan fingerprint density at radius 1 is 1.09 bits per heavy atom. The van der Waals surface area contributed by atoms with E-state index in [-0.39, 0.29) is 5.91 Å². The van der Waals surface area contributed by atoms with Crippen LogP contribution in [0.5, 0.6) is 5.75 Å². The molecular formula is C33H42N8O2. The predicted octanol–water partition coefficient (Wildman–Crippen LogP) is 4.67. The fourth-order valence-electron chi connectivity index (χ4n) is 5.95. The van der Waals surface area contributed by atoms with Gasteiger partial charge < -0.3 is 19.9 Å². The summed E-state index contributed by atoms with van der Waals surface area (Å²) in [7, 11) is 1.70. The van der Waals surface area contributed by atoms with E-state index in [1.165, 1.54) is 23.1 Å². The van der Waals surface area contributed by atoms with Crippen molar-refractivity contribution in [2.24, 2.45) is 0 Å². The topological polar surface area (TPSA) is 101 Å². The number of carbonyl (C=O) groups excluding carboxylic acids is 1. The van der Waals surface area contributed by atoms with Gasteiger partial charge in [0.1, 0.15) is 18.4 Å². The van der Waals surface area contributed by atoms with E-state index in [1.807, 2.05) is 44.4 Å². The number of hydrogen-bond acceptors (Lipinski definition) is 8. The normalized spacial score (nSPS) is 14.8. The van der Waals surface area contributed by atoms with Gasteiger partial charge in [0.15, 0.2) is 5.82 Å². The number of benzene rings is 1. The van der Waals surface area contributed by atoms with E-state index in [0.29, 0.717) is 35.7 Å². The van der Waals surface area contributed by atoms with Crippen molar-refractivity contribution in [1.82, 2.24) is 34.9 Å². The van der Waals surface area contributed by atoms with Crippen molar-refractivity contribution in [2.45, 2.75) is 65.6 Å². The number of anilines is 1. The zero-order valence-corrected chi connectivity index (χ0v) is 25.8. The molecule has 226 valence electrons. The standard InChI is InChI=1S/C33H42N8O2/c1-23-10-14-34-19-27(23)20-40(28-6-8-30(43-5)9-7-28)29-12-16-39(17-13-29)25(3)11-15-36-33(42)32-24(2)18-31(38-26(32)4)41-22-35-21-37-41/h6-10,14,18-19,21-22,25,29H,11-13,15-17,20H2,1-5H3,(H,36,42). The van der Waals surface area contributed by atoms with Crippen LogP contribution >= 0.6 is 0 Å². The summed E-state index contributed by atoms with van der Waals surface area (Å²) in [5.41, 5.74) is 5.88. The molecule has 43 heavy (non-hydrogen) atoms. The van der Waals surface area contributed by atoms with Crippen LogP contribution in [0, 0.1) is 20.8 Å². The van der Waals surface area contributed by atoms with Gasteiger partial charge in [0.05, 0.1) is 18.4 Å². The molecule has 1 fully saturated rings. The van der Waals surface area contributed by atoms with Crippen molar-refractivity contribution in [1.29, 1.82) is 0 Å². The number of aromatic nitrogens is 5. The Kier molecular flexibility index (Phi) is 9.66. The summed E-state index contributed by atoms with van der Waals surface area (Å²) in [5.74, 6) is 1.43. The quantitative estimate of drug-likeness (QED) is 0.272. The van der Waals surface area contributed by atoms with Crippen LogP contribution in [0.15, 0.2) is 61.4 Å². The van der Waals surface area contributed by atoms with Crippen molar-refractivity contribution >= 4 is 11.6 Å². The van der Waals surface area contributed by atoms with E-state index in [4.69, 9.17) is 4.74 Å². The van der Waals surface area contributed by atoms with Gasteiger partial charge in [-0.25, -0.2) is 14.6 Å². The Hall–Kier alpha value is -4.31. The summed E-state index contributed by atoms with van der Waals surface area (Å²) in [4.78, 5) is 31.1. The van der Waals surface area contributed by atoms with E-state index in [1.54, 1.807) is 18.1 Å². The van der Waals surface area contributed by atoms with Gasteiger partial charge in [0, 0.05) is 56.3 Å². The van der Waals surface area contributed by atoms with Crippen LogP contribution in [0.3, 0.4) is 0 Å². The fraction of sp³-hybridized carbons (Fsp3) is 0.424. The molecule has 10 heteroatoms. The van der Waals surface area contributed by atoms with Crippen LogP contribution in [-0.4, -0.2) is 74.4 Å². The van der Waals surface area contributed by atoms with E-state index in [9.17, 15) is 4.79 Å². The molecule has 1 aliphatic rings. The van der Waals surface area contributed by atoms with E-state index in [2.05, 4.69) is 67.2 Å². The third kappa shape index (κ3) is 7.19. The number of methoxy groups -OCH3 is 1. The van der Waals surface area contributed by atoms with Crippen LogP contribution < -0.4 is 15.0 Å². The number of pyridine rings is 2. The highest BCUT2D eigenvalue weighted by Gasteiger charge is 2.28. The van der Waals surface area contributed by atoms with Crippen LogP contribution in [0.4, 0.5) is 5.69 Å². The molecule has 0 bridgehead atoms. The summed E-state index contributed by atoms with van der Waals surface area (Å²) >= 11 is 0. The predicted molar refractivity (Wildman–Crippen MR) is 168 cm³/mol. The molecule has 1 aromatic carbocycles. The second-order valence-electron chi connectivity index (χ2n) is 11.4. The van der Waals surface area contributed by atoms with E-state index in [0.717, 1.165) is 50.2 Å². The van der Waals surface area contributed by atoms with E-state index < -0.39 is 0 Å². The minimum atomic E-state index is -0.0839. The Morgan fingerprint density at radius 2 is 1.86 bits per heavy atom. The lowest BCUT2D eigenvalue weighted by Gasteiger charge is -2.42. The zero-order chi connectivity index (χ0) is 30.3. The minimum Gasteiger partial charge on any atom is -0.497 e. The van der Waals surface area contributed by atoms with Gasteiger partial charge in [-0.05, 0) is 100 Å². The summed E-state index contributed by atoms with van der Waals surface area (Å²) in [6.07, 6.45) is 9.95. The molecule has 10 nitrogen and oxygen atoms in total. The smallest absolute Gasteiger partial charge is 0.253 e. The van der Waals surface area contributed by atoms with Crippen LogP contribution in [0.25, 0.3) is 5.82 Å². The first kappa shape index (κ1) is 30.2. The molecule has 0 saturated carbocycles. The summed E-state index contributed by atoms with van der Waals surface area (Å²) in [6, 6.07) is 13.1. The van der Waals surface area contributed by atoms with E-state index >= 15 is 0 Å². The monoisotopic (exact) mass is 582 g/mol. The number of hydrogen-bond donors (Lipinski definition) is 1. The molecular weight excluding hydrogens is 540 g/mol. The SMILES string of the molecule is COc1ccc(N(Cc2cnccc2C)C2CCN(C(C)CCNC(=O)c3c(C)cc(-n4cncn4)nc3C)CC2)cc1. The first-order chi connectivity index (χ1) is 20.8. The molecule has 1 amide bonds. The first-order valence-corrected chi connectivity index (χ1v) is 15.0. The van der Waals surface area contributed by atoms with Gasteiger partial charge in [-0.15, -0.1) is 0 Å². The highest BCUT2D eigenvalue weighted by molar-refractivity contribution is 5.96. The molecule has 1 unspecified atom stereocenters. The Balaban J connectivity index is 1.16. The highest BCUT2D eigenvalue weighted by Crippen LogP contribution is 2.29. The van der Waals surface area contributed by atoms with Gasteiger partial charge in [0.2, 0.25) is 0 Å². The highest BCUT2D eigenvalue weighted by atomic mass is 16.5. The lowest BCUT2D eigenvalue weighted by atomic mass is 9.99. The Labute approximate surface area is 254 Å². The lowest BCUT2D eigenvalue weighted by molar-refractivity contribution is 0.0943. The molecule has 1 atom stereocenters. The number of ether oxygens (including phenoxy) is 1. The molecule has 0 aliphatic carbocycles. The summed E-state index contributed by atoms with van der Waals surface area (Å²) < 4.78 is 7.00. The number of nitrogens with zero attached hydrogens (tertiary/aromatic N) is 7. The van der Waals surface area contributed by atoms with Gasteiger partial charge in [-0.1, -0.05) is 0 Å². The molecule has 4 heterocycles. The van der Waals surface area contributed by atoms with Crippen LogP contribution in [0.2, 0.25) is 0 Å². The number of rotatable bonds is 11. The maximum absolute atomic E-state index is 13.1. The number of aryl methyl sites for hydroxylation is 3. The molecule has 0 radical (unpaired) electrons. The van der Waals surface area contributed by atoms with Gasteiger partial charge in [0.25, 0.3) is 5.91 Å². The molecule has 1 aliphatic heterocycles. The fourth-order valence-corrected chi connectivity index (χ4v) is 5.95. The Morgan fingerprint density at radius 3 is 2.51 bits per heavy atom. The Bertz CT molecular complexity index is 1470. The second kappa shape index (κ2) is 13.8. The number of carbonyl (C=O) groups is 1. The van der Waals surface area contributed by atoms with Gasteiger partial charge in [-0.3, -0.25) is 9.78 Å². The number of nitrogens with one attached hydrogen (secondary N) is 1. The minimum absolute atomic E-state index is 0.0839. The molecule has 3 aromatic heterocycles. The second-order valence-corrected chi connectivity index (χ2v) is 11.4. The molecule has 4 aromatic rings. The third-order valence-electron chi connectivity index (χ3n) is 8.57. The lowest BCUT2D eigenvalue weighted by Crippen LogP contribution is -2.48. The van der Waals surface area contributed by atoms with Crippen molar-refractivity contribution in [3.05, 3.63) is 89.4 Å². The maximum Gasteiger partial charge on any atom is 0.253 e. The molecule has 0 spiro atoms. The maximum atomic E-state index is 13.1. The molecule has 5 rings (SSSR count). The van der Waals surface area contributed by atoms with Crippen LogP contribution in [-0.2, 0) is 6.54 Å². The third-order valence-corrected chi connectivity index (χ3v) is 8.57. The van der Waals surface area contributed by atoms with Gasteiger partial charge in [-0.2, -0.15) is 5.10 Å². The molecule has 1 N–H and O–H groups in total. The summed E-state index contributed by atoms with van der Waals surface area (Å²) in [5, 5.41) is 7.27. The largest absolute Gasteiger partial charge is 0.497 e. The molecule has 1 saturated heterocycles. The number of piperidine rings is 1. The average Bonchev–Trinajstić information content (AvgIpc) is 3.56. The van der Waals surface area contributed by atoms with Crippen molar-refractivity contribution < 1.29 is 9.53 Å². The van der Waals surface area contributed by atoms with Crippen molar-refractivity contribution in [3.8, 4) is 11.6 Å². The van der Waals surface area contributed by atoms with Crippen molar-refractivity contribution in [3.63, 3.8) is 0 Å². The van der Waals surface area contributed by atoms with Gasteiger partial charge >= 0.3 is 0 Å². The van der Waals surface area contributed by atoms with Crippen molar-refractivity contribution in [2.75, 3.05) is 31.6 Å². The zero-order valence-electron chi connectivity index (χ0n) is 25.8. The van der Waals surface area contributed by atoms with Crippen LogP contribution in [0.1, 0.15) is 58.9 Å². The summed E-state index contributed by atoms with van der Waals surface area (Å²) in [6.45, 7) is 11.7. The number of likely N-dealkylation sites (tertiary alicyclic amines) is 1. The first-order valence-electron chi connectivity index (χ1n) is 15.0.